The van der Waals surface area contributed by atoms with Gasteiger partial charge in [-0.3, -0.25) is 4.79 Å². The number of hydrogen-bond acceptors (Lipinski definition) is 3. The van der Waals surface area contributed by atoms with Crippen LogP contribution in [0, 0.1) is 11.7 Å². The SMILES string of the molecule is Cl.O=C(CCSc1ccccc1F)NCCC1CCNC1. The van der Waals surface area contributed by atoms with E-state index in [9.17, 15) is 9.18 Å². The van der Waals surface area contributed by atoms with E-state index in [1.54, 1.807) is 18.2 Å². The quantitative estimate of drug-likeness (QED) is 0.754. The van der Waals surface area contributed by atoms with E-state index in [0.717, 1.165) is 26.1 Å². The van der Waals surface area contributed by atoms with Gasteiger partial charge in [-0.25, -0.2) is 4.39 Å². The molecule has 0 radical (unpaired) electrons. The zero-order valence-corrected chi connectivity index (χ0v) is 13.6. The summed E-state index contributed by atoms with van der Waals surface area (Å²) in [6.45, 7) is 2.91. The summed E-state index contributed by atoms with van der Waals surface area (Å²) in [4.78, 5) is 12.3. The Bertz CT molecular complexity index is 441. The third-order valence-electron chi connectivity index (χ3n) is 3.46. The molecule has 0 saturated carbocycles. The minimum absolute atomic E-state index is 0. The first kappa shape index (κ1) is 18.3. The van der Waals surface area contributed by atoms with Gasteiger partial charge in [0.15, 0.2) is 0 Å². The van der Waals surface area contributed by atoms with Crippen LogP contribution in [0.4, 0.5) is 4.39 Å². The van der Waals surface area contributed by atoms with Gasteiger partial charge in [0, 0.05) is 23.6 Å². The zero-order valence-electron chi connectivity index (χ0n) is 11.9. The summed E-state index contributed by atoms with van der Waals surface area (Å²) in [6, 6.07) is 6.66. The highest BCUT2D eigenvalue weighted by Crippen LogP contribution is 2.21. The lowest BCUT2D eigenvalue weighted by atomic mass is 10.1. The molecule has 1 atom stereocenters. The van der Waals surface area contributed by atoms with Crippen molar-refractivity contribution in [2.24, 2.45) is 5.92 Å². The minimum atomic E-state index is -0.216. The summed E-state index contributed by atoms with van der Waals surface area (Å²) < 4.78 is 13.4. The van der Waals surface area contributed by atoms with Crippen LogP contribution in [0.1, 0.15) is 19.3 Å². The lowest BCUT2D eigenvalue weighted by molar-refractivity contribution is -0.120. The molecule has 0 bridgehead atoms. The Morgan fingerprint density at radius 2 is 2.24 bits per heavy atom. The van der Waals surface area contributed by atoms with Crippen molar-refractivity contribution in [3.05, 3.63) is 30.1 Å². The second-order valence-electron chi connectivity index (χ2n) is 5.03. The van der Waals surface area contributed by atoms with E-state index < -0.39 is 0 Å². The van der Waals surface area contributed by atoms with Crippen molar-refractivity contribution in [2.45, 2.75) is 24.2 Å². The van der Waals surface area contributed by atoms with Crippen LogP contribution < -0.4 is 10.6 Å². The van der Waals surface area contributed by atoms with Crippen molar-refractivity contribution in [3.8, 4) is 0 Å². The van der Waals surface area contributed by atoms with E-state index in [4.69, 9.17) is 0 Å². The molecular formula is C15H22ClFN2OS. The molecule has 1 aromatic carbocycles. The number of hydrogen-bond donors (Lipinski definition) is 2. The molecule has 2 rings (SSSR count). The average Bonchev–Trinajstić information content (AvgIpc) is 2.94. The molecule has 6 heteroatoms. The third kappa shape index (κ3) is 6.68. The summed E-state index contributed by atoms with van der Waals surface area (Å²) in [5.41, 5.74) is 0. The van der Waals surface area contributed by atoms with Crippen molar-refractivity contribution in [3.63, 3.8) is 0 Å². The Kier molecular flexibility index (Phi) is 8.73. The number of carbonyl (C=O) groups excluding carboxylic acids is 1. The molecular weight excluding hydrogens is 311 g/mol. The first-order chi connectivity index (χ1) is 9.75. The molecule has 1 aliphatic heterocycles. The third-order valence-corrected chi connectivity index (χ3v) is 4.51. The van der Waals surface area contributed by atoms with Crippen molar-refractivity contribution in [1.82, 2.24) is 10.6 Å². The second kappa shape index (κ2) is 10.0. The summed E-state index contributed by atoms with van der Waals surface area (Å²) >= 11 is 1.39. The monoisotopic (exact) mass is 332 g/mol. The lowest BCUT2D eigenvalue weighted by Crippen LogP contribution is -2.26. The van der Waals surface area contributed by atoms with Gasteiger partial charge in [-0.05, 0) is 44.0 Å². The molecule has 1 aliphatic rings. The van der Waals surface area contributed by atoms with Crippen LogP contribution in [-0.4, -0.2) is 31.3 Å². The van der Waals surface area contributed by atoms with Gasteiger partial charge in [0.1, 0.15) is 5.82 Å². The molecule has 21 heavy (non-hydrogen) atoms. The number of carbonyl (C=O) groups is 1. The number of benzene rings is 1. The fourth-order valence-electron chi connectivity index (χ4n) is 2.28. The minimum Gasteiger partial charge on any atom is -0.356 e. The Morgan fingerprint density at radius 3 is 2.95 bits per heavy atom. The summed E-state index contributed by atoms with van der Waals surface area (Å²) in [6.07, 6.45) is 2.68. The maximum Gasteiger partial charge on any atom is 0.220 e. The highest BCUT2D eigenvalue weighted by atomic mass is 35.5. The standard InChI is InChI=1S/C15H21FN2OS.ClH/c16-13-3-1-2-4-14(13)20-10-7-15(19)18-9-6-12-5-8-17-11-12;/h1-4,12,17H,5-11H2,(H,18,19);1H. The number of halogens is 2. The predicted octanol–water partition coefficient (Wildman–Crippen LogP) is 2.85. The van der Waals surface area contributed by atoms with Crippen molar-refractivity contribution < 1.29 is 9.18 Å². The van der Waals surface area contributed by atoms with Crippen LogP contribution >= 0.6 is 24.2 Å². The van der Waals surface area contributed by atoms with E-state index in [0.29, 0.717) is 23.0 Å². The highest BCUT2D eigenvalue weighted by molar-refractivity contribution is 7.99. The molecule has 1 aromatic rings. The predicted molar refractivity (Wildman–Crippen MR) is 87.6 cm³/mol. The number of rotatable bonds is 7. The molecule has 1 amide bonds. The number of nitrogens with one attached hydrogen (secondary N) is 2. The Hall–Kier alpha value is -0.780. The summed E-state index contributed by atoms with van der Waals surface area (Å²) in [5, 5.41) is 6.25. The molecule has 1 heterocycles. The van der Waals surface area contributed by atoms with Gasteiger partial charge >= 0.3 is 0 Å². The molecule has 2 N–H and O–H groups in total. The van der Waals surface area contributed by atoms with Gasteiger partial charge in [0.2, 0.25) is 5.91 Å². The van der Waals surface area contributed by atoms with E-state index in [1.807, 2.05) is 0 Å². The smallest absolute Gasteiger partial charge is 0.220 e. The van der Waals surface area contributed by atoms with Crippen molar-refractivity contribution in [2.75, 3.05) is 25.4 Å². The summed E-state index contributed by atoms with van der Waals surface area (Å²) in [7, 11) is 0. The number of amides is 1. The molecule has 1 fully saturated rings. The second-order valence-corrected chi connectivity index (χ2v) is 6.16. The Balaban J connectivity index is 0.00000220. The lowest BCUT2D eigenvalue weighted by Gasteiger charge is -2.09. The van der Waals surface area contributed by atoms with Crippen LogP contribution in [0.2, 0.25) is 0 Å². The van der Waals surface area contributed by atoms with E-state index in [2.05, 4.69) is 10.6 Å². The zero-order chi connectivity index (χ0) is 14.2. The normalized spacial score (nSPS) is 17.3. The Labute approximate surface area is 135 Å². The van der Waals surface area contributed by atoms with Crippen LogP contribution in [0.5, 0.6) is 0 Å². The van der Waals surface area contributed by atoms with Crippen LogP contribution in [-0.2, 0) is 4.79 Å². The van der Waals surface area contributed by atoms with Gasteiger partial charge in [0.25, 0.3) is 0 Å². The largest absolute Gasteiger partial charge is 0.356 e. The first-order valence-electron chi connectivity index (χ1n) is 7.10. The fourth-order valence-corrected chi connectivity index (χ4v) is 3.17. The van der Waals surface area contributed by atoms with Gasteiger partial charge in [-0.2, -0.15) is 0 Å². The average molecular weight is 333 g/mol. The highest BCUT2D eigenvalue weighted by Gasteiger charge is 2.14. The topological polar surface area (TPSA) is 41.1 Å². The molecule has 118 valence electrons. The van der Waals surface area contributed by atoms with Crippen LogP contribution in [0.15, 0.2) is 29.2 Å². The van der Waals surface area contributed by atoms with Crippen LogP contribution in [0.25, 0.3) is 0 Å². The van der Waals surface area contributed by atoms with Gasteiger partial charge in [-0.1, -0.05) is 12.1 Å². The number of thioether (sulfide) groups is 1. The molecule has 3 nitrogen and oxygen atoms in total. The van der Waals surface area contributed by atoms with E-state index >= 15 is 0 Å². The molecule has 1 unspecified atom stereocenters. The fraction of sp³-hybridized carbons (Fsp3) is 0.533. The van der Waals surface area contributed by atoms with Gasteiger partial charge in [-0.15, -0.1) is 24.2 Å². The maximum atomic E-state index is 13.4. The summed E-state index contributed by atoms with van der Waals surface area (Å²) in [5.74, 6) is 1.15. The van der Waals surface area contributed by atoms with Gasteiger partial charge in [0.05, 0.1) is 0 Å². The van der Waals surface area contributed by atoms with E-state index in [1.165, 1.54) is 24.2 Å². The van der Waals surface area contributed by atoms with E-state index in [-0.39, 0.29) is 24.1 Å². The van der Waals surface area contributed by atoms with Crippen LogP contribution in [0.3, 0.4) is 0 Å². The Morgan fingerprint density at radius 1 is 1.43 bits per heavy atom. The first-order valence-corrected chi connectivity index (χ1v) is 8.09. The molecule has 0 spiro atoms. The van der Waals surface area contributed by atoms with Gasteiger partial charge < -0.3 is 10.6 Å². The molecule has 0 aliphatic carbocycles. The molecule has 1 saturated heterocycles. The molecule has 0 aromatic heterocycles. The van der Waals surface area contributed by atoms with Crippen molar-refractivity contribution in [1.29, 1.82) is 0 Å². The van der Waals surface area contributed by atoms with Crippen molar-refractivity contribution >= 4 is 30.1 Å². The maximum absolute atomic E-state index is 13.4.